The number of aromatic hydroxyl groups is 1. The predicted molar refractivity (Wildman–Crippen MR) is 72.3 cm³/mol. The van der Waals surface area contributed by atoms with E-state index in [0.717, 1.165) is 15.6 Å². The third-order valence-corrected chi connectivity index (χ3v) is 3.64. The highest BCUT2D eigenvalue weighted by Gasteiger charge is 2.06. The molecule has 0 spiro atoms. The molecule has 2 N–H and O–H groups in total. The molecule has 0 aliphatic heterocycles. The first-order valence-electron chi connectivity index (χ1n) is 4.89. The number of aromatic nitrogens is 1. The Bertz CT molecular complexity index is 519. The standard InChI is InChI=1S/C11H10Cl2N2OS/c1-6-14-4-8(17-6)5-15-7-2-9(12)11(16)10(13)3-7/h2-4,15-16H,5H2,1H3. The summed E-state index contributed by atoms with van der Waals surface area (Å²) in [6.45, 7) is 2.62. The first-order valence-corrected chi connectivity index (χ1v) is 6.46. The van der Waals surface area contributed by atoms with E-state index in [2.05, 4.69) is 10.3 Å². The molecule has 6 heteroatoms. The highest BCUT2D eigenvalue weighted by atomic mass is 35.5. The van der Waals surface area contributed by atoms with Crippen LogP contribution in [0.25, 0.3) is 0 Å². The Hall–Kier alpha value is -0.970. The lowest BCUT2D eigenvalue weighted by atomic mass is 10.3. The second-order valence-electron chi connectivity index (χ2n) is 3.49. The van der Waals surface area contributed by atoms with Gasteiger partial charge in [0, 0.05) is 16.8 Å². The van der Waals surface area contributed by atoms with Gasteiger partial charge in [-0.2, -0.15) is 0 Å². The Kier molecular flexibility index (Phi) is 3.76. The molecule has 2 rings (SSSR count). The lowest BCUT2D eigenvalue weighted by Crippen LogP contribution is -1.97. The van der Waals surface area contributed by atoms with Gasteiger partial charge >= 0.3 is 0 Å². The number of phenolic OH excluding ortho intramolecular Hbond substituents is 1. The minimum atomic E-state index is -0.0903. The quantitative estimate of drug-likeness (QED) is 0.837. The van der Waals surface area contributed by atoms with Crippen LogP contribution >= 0.6 is 34.5 Å². The number of anilines is 1. The predicted octanol–water partition coefficient (Wildman–Crippen LogP) is 4.08. The van der Waals surface area contributed by atoms with Crippen LogP contribution in [0.4, 0.5) is 5.69 Å². The summed E-state index contributed by atoms with van der Waals surface area (Å²) in [4.78, 5) is 5.29. The van der Waals surface area contributed by atoms with Gasteiger partial charge in [-0.3, -0.25) is 0 Å². The van der Waals surface area contributed by atoms with Crippen molar-refractivity contribution in [2.45, 2.75) is 13.5 Å². The zero-order valence-corrected chi connectivity index (χ0v) is 11.3. The molecular formula is C11H10Cl2N2OS. The van der Waals surface area contributed by atoms with E-state index in [1.807, 2.05) is 13.1 Å². The summed E-state index contributed by atoms with van der Waals surface area (Å²) in [5, 5.41) is 14.1. The zero-order chi connectivity index (χ0) is 12.4. The average molecular weight is 289 g/mol. The third kappa shape index (κ3) is 3.03. The molecule has 0 fully saturated rings. The van der Waals surface area contributed by atoms with Crippen LogP contribution in [0, 0.1) is 6.92 Å². The molecule has 3 nitrogen and oxygen atoms in total. The number of benzene rings is 1. The molecule has 17 heavy (non-hydrogen) atoms. The molecule has 0 atom stereocenters. The molecule has 1 aromatic carbocycles. The largest absolute Gasteiger partial charge is 0.505 e. The summed E-state index contributed by atoms with van der Waals surface area (Å²) in [6, 6.07) is 3.27. The van der Waals surface area contributed by atoms with E-state index in [1.54, 1.807) is 23.5 Å². The van der Waals surface area contributed by atoms with Gasteiger partial charge in [0.15, 0.2) is 5.75 Å². The van der Waals surface area contributed by atoms with Crippen molar-refractivity contribution in [3.63, 3.8) is 0 Å². The van der Waals surface area contributed by atoms with Gasteiger partial charge < -0.3 is 10.4 Å². The van der Waals surface area contributed by atoms with Crippen molar-refractivity contribution >= 4 is 40.2 Å². The van der Waals surface area contributed by atoms with Crippen molar-refractivity contribution in [3.8, 4) is 5.75 Å². The highest BCUT2D eigenvalue weighted by Crippen LogP contribution is 2.34. The molecule has 0 amide bonds. The molecule has 0 unspecified atom stereocenters. The second-order valence-corrected chi connectivity index (χ2v) is 5.62. The van der Waals surface area contributed by atoms with E-state index in [4.69, 9.17) is 23.2 Å². The van der Waals surface area contributed by atoms with Gasteiger partial charge in [0.1, 0.15) is 0 Å². The molecule has 1 heterocycles. The summed E-state index contributed by atoms with van der Waals surface area (Å²) >= 11 is 13.3. The number of nitrogens with zero attached hydrogens (tertiary/aromatic N) is 1. The molecular weight excluding hydrogens is 279 g/mol. The van der Waals surface area contributed by atoms with Crippen LogP contribution in [-0.2, 0) is 6.54 Å². The summed E-state index contributed by atoms with van der Waals surface area (Å²) in [5.74, 6) is -0.0903. The lowest BCUT2D eigenvalue weighted by molar-refractivity contribution is 0.476. The normalized spacial score (nSPS) is 10.5. The third-order valence-electron chi connectivity index (χ3n) is 2.15. The molecule has 0 saturated carbocycles. The minimum absolute atomic E-state index is 0.0903. The van der Waals surface area contributed by atoms with Crippen LogP contribution in [0.1, 0.15) is 9.88 Å². The van der Waals surface area contributed by atoms with Gasteiger partial charge in [-0.25, -0.2) is 4.98 Å². The lowest BCUT2D eigenvalue weighted by Gasteiger charge is -2.07. The highest BCUT2D eigenvalue weighted by molar-refractivity contribution is 7.11. The number of aryl methyl sites for hydroxylation is 1. The van der Waals surface area contributed by atoms with Crippen molar-refractivity contribution < 1.29 is 5.11 Å². The first kappa shape index (κ1) is 12.5. The maximum Gasteiger partial charge on any atom is 0.152 e. The van der Waals surface area contributed by atoms with E-state index < -0.39 is 0 Å². The van der Waals surface area contributed by atoms with E-state index >= 15 is 0 Å². The Balaban J connectivity index is 2.09. The Morgan fingerprint density at radius 3 is 2.53 bits per heavy atom. The summed E-state index contributed by atoms with van der Waals surface area (Å²) in [6.07, 6.45) is 1.83. The molecule has 0 saturated heterocycles. The average Bonchev–Trinajstić information content (AvgIpc) is 2.69. The van der Waals surface area contributed by atoms with Crippen LogP contribution in [0.2, 0.25) is 10.0 Å². The van der Waals surface area contributed by atoms with Crippen molar-refractivity contribution in [2.24, 2.45) is 0 Å². The van der Waals surface area contributed by atoms with Crippen molar-refractivity contribution in [1.29, 1.82) is 0 Å². The van der Waals surface area contributed by atoms with Gasteiger partial charge in [-0.1, -0.05) is 23.2 Å². The maximum atomic E-state index is 9.42. The maximum absolute atomic E-state index is 9.42. The van der Waals surface area contributed by atoms with Gasteiger partial charge in [0.05, 0.1) is 21.6 Å². The fourth-order valence-corrected chi connectivity index (χ4v) is 2.57. The topological polar surface area (TPSA) is 45.2 Å². The van der Waals surface area contributed by atoms with Gasteiger partial charge in [-0.05, 0) is 19.1 Å². The molecule has 90 valence electrons. The van der Waals surface area contributed by atoms with Crippen LogP contribution in [0.3, 0.4) is 0 Å². The van der Waals surface area contributed by atoms with Gasteiger partial charge in [0.25, 0.3) is 0 Å². The number of hydrogen-bond donors (Lipinski definition) is 2. The Morgan fingerprint density at radius 2 is 2.00 bits per heavy atom. The minimum Gasteiger partial charge on any atom is -0.505 e. The van der Waals surface area contributed by atoms with E-state index in [-0.39, 0.29) is 15.8 Å². The Morgan fingerprint density at radius 1 is 1.35 bits per heavy atom. The number of nitrogens with one attached hydrogen (secondary N) is 1. The monoisotopic (exact) mass is 288 g/mol. The molecule has 0 radical (unpaired) electrons. The van der Waals surface area contributed by atoms with Gasteiger partial charge in [-0.15, -0.1) is 11.3 Å². The molecule has 0 aliphatic rings. The van der Waals surface area contributed by atoms with Crippen molar-refractivity contribution in [3.05, 3.63) is 38.3 Å². The van der Waals surface area contributed by atoms with Gasteiger partial charge in [0.2, 0.25) is 0 Å². The number of thiazole rings is 1. The van der Waals surface area contributed by atoms with Crippen LogP contribution in [0.15, 0.2) is 18.3 Å². The van der Waals surface area contributed by atoms with E-state index in [0.29, 0.717) is 6.54 Å². The van der Waals surface area contributed by atoms with Crippen molar-refractivity contribution in [2.75, 3.05) is 5.32 Å². The summed E-state index contributed by atoms with van der Waals surface area (Å²) in [7, 11) is 0. The fraction of sp³-hybridized carbons (Fsp3) is 0.182. The van der Waals surface area contributed by atoms with Crippen LogP contribution in [0.5, 0.6) is 5.75 Å². The number of halogens is 2. The van der Waals surface area contributed by atoms with Crippen LogP contribution in [-0.4, -0.2) is 10.1 Å². The smallest absolute Gasteiger partial charge is 0.152 e. The molecule has 1 aromatic heterocycles. The van der Waals surface area contributed by atoms with Crippen molar-refractivity contribution in [1.82, 2.24) is 4.98 Å². The molecule has 0 aliphatic carbocycles. The van der Waals surface area contributed by atoms with E-state index in [9.17, 15) is 5.11 Å². The second kappa shape index (κ2) is 5.12. The van der Waals surface area contributed by atoms with Crippen LogP contribution < -0.4 is 5.32 Å². The first-order chi connectivity index (χ1) is 8.06. The molecule has 0 bridgehead atoms. The number of rotatable bonds is 3. The summed E-state index contributed by atoms with van der Waals surface area (Å²) < 4.78 is 0. The number of phenols is 1. The zero-order valence-electron chi connectivity index (χ0n) is 9.00. The SMILES string of the molecule is Cc1ncc(CNc2cc(Cl)c(O)c(Cl)c2)s1. The summed E-state index contributed by atoms with van der Waals surface area (Å²) in [5.41, 5.74) is 0.767. The fourth-order valence-electron chi connectivity index (χ4n) is 1.34. The number of hydrogen-bond acceptors (Lipinski definition) is 4. The molecule has 2 aromatic rings. The Labute approximate surface area is 113 Å². The van der Waals surface area contributed by atoms with E-state index in [1.165, 1.54) is 0 Å².